The Kier molecular flexibility index (Phi) is 7.14. The molecule has 0 saturated carbocycles. The van der Waals surface area contributed by atoms with E-state index in [9.17, 15) is 9.59 Å². The second-order valence-corrected chi connectivity index (χ2v) is 4.96. The Morgan fingerprint density at radius 2 is 1.61 bits per heavy atom. The molecule has 4 heteroatoms. The Labute approximate surface area is 110 Å². The molecule has 0 aromatic rings. The topological polar surface area (TPSA) is 52.6 Å². The number of methoxy groups -OCH3 is 1. The van der Waals surface area contributed by atoms with Crippen molar-refractivity contribution in [2.24, 2.45) is 11.3 Å². The Hall–Kier alpha value is -0.900. The molecule has 4 nitrogen and oxygen atoms in total. The molecule has 1 unspecified atom stereocenters. The van der Waals surface area contributed by atoms with Gasteiger partial charge in [0.05, 0.1) is 13.2 Å². The van der Waals surface area contributed by atoms with Crippen LogP contribution in [0.1, 0.15) is 47.5 Å². The van der Waals surface area contributed by atoms with Gasteiger partial charge < -0.3 is 9.47 Å². The molecule has 1 atom stereocenters. The maximum Gasteiger partial charge on any atom is 0.319 e. The standard InChI is InChI=1S/C14H26O4/c1-7-14(8-2,13(16)17-6)12(15)9-18-11(5)10(3)4/h10-11H,7-9H2,1-6H3. The molecule has 0 rings (SSSR count). The molecule has 0 radical (unpaired) electrons. The van der Waals surface area contributed by atoms with Crippen molar-refractivity contribution in [1.29, 1.82) is 0 Å². The molecule has 0 amide bonds. The summed E-state index contributed by atoms with van der Waals surface area (Å²) in [4.78, 5) is 24.0. The molecular formula is C14H26O4. The number of carbonyl (C=O) groups is 2. The quantitative estimate of drug-likeness (QED) is 0.496. The largest absolute Gasteiger partial charge is 0.468 e. The van der Waals surface area contributed by atoms with Crippen molar-refractivity contribution < 1.29 is 19.1 Å². The van der Waals surface area contributed by atoms with Gasteiger partial charge >= 0.3 is 5.97 Å². The molecule has 0 spiro atoms. The van der Waals surface area contributed by atoms with E-state index in [1.165, 1.54) is 7.11 Å². The zero-order valence-electron chi connectivity index (χ0n) is 12.4. The molecule has 0 fully saturated rings. The lowest BCUT2D eigenvalue weighted by Crippen LogP contribution is -2.42. The van der Waals surface area contributed by atoms with Crippen molar-refractivity contribution in [2.45, 2.75) is 53.6 Å². The summed E-state index contributed by atoms with van der Waals surface area (Å²) in [7, 11) is 1.31. The first-order valence-electron chi connectivity index (χ1n) is 6.59. The van der Waals surface area contributed by atoms with Crippen molar-refractivity contribution >= 4 is 11.8 Å². The van der Waals surface area contributed by atoms with Gasteiger partial charge in [0.2, 0.25) is 0 Å². The SMILES string of the molecule is CCC(CC)(C(=O)COC(C)C(C)C)C(=O)OC. The van der Waals surface area contributed by atoms with Gasteiger partial charge in [0, 0.05) is 0 Å². The fourth-order valence-corrected chi connectivity index (χ4v) is 1.78. The van der Waals surface area contributed by atoms with Crippen molar-refractivity contribution in [3.05, 3.63) is 0 Å². The van der Waals surface area contributed by atoms with Crippen LogP contribution in [-0.2, 0) is 19.1 Å². The summed E-state index contributed by atoms with van der Waals surface area (Å²) in [5, 5.41) is 0. The van der Waals surface area contributed by atoms with Crippen LogP contribution >= 0.6 is 0 Å². The predicted octanol–water partition coefficient (Wildman–Crippen LogP) is 2.60. The number of Topliss-reactive ketones (excluding diaryl/α,β-unsaturated/α-hetero) is 1. The van der Waals surface area contributed by atoms with Gasteiger partial charge in [-0.2, -0.15) is 0 Å². The summed E-state index contributed by atoms with van der Waals surface area (Å²) in [6.07, 6.45) is 0.876. The third-order valence-electron chi connectivity index (χ3n) is 3.73. The first-order valence-corrected chi connectivity index (χ1v) is 6.59. The summed E-state index contributed by atoms with van der Waals surface area (Å²) in [6, 6.07) is 0. The third kappa shape index (κ3) is 3.80. The molecule has 18 heavy (non-hydrogen) atoms. The van der Waals surface area contributed by atoms with E-state index >= 15 is 0 Å². The Morgan fingerprint density at radius 3 is 1.94 bits per heavy atom. The number of carbonyl (C=O) groups excluding carboxylic acids is 2. The number of hydrogen-bond donors (Lipinski definition) is 0. The Bertz CT molecular complexity index is 280. The molecule has 0 aromatic heterocycles. The fourth-order valence-electron chi connectivity index (χ4n) is 1.78. The van der Waals surface area contributed by atoms with Crippen molar-refractivity contribution in [3.8, 4) is 0 Å². The average molecular weight is 258 g/mol. The summed E-state index contributed by atoms with van der Waals surface area (Å²) < 4.78 is 10.3. The van der Waals surface area contributed by atoms with Crippen molar-refractivity contribution in [2.75, 3.05) is 13.7 Å². The molecule has 106 valence electrons. The molecular weight excluding hydrogens is 232 g/mol. The smallest absolute Gasteiger partial charge is 0.319 e. The lowest BCUT2D eigenvalue weighted by molar-refractivity contribution is -0.161. The molecule has 0 aromatic carbocycles. The zero-order chi connectivity index (χ0) is 14.3. The molecule has 0 saturated heterocycles. The second-order valence-electron chi connectivity index (χ2n) is 4.96. The van der Waals surface area contributed by atoms with E-state index in [2.05, 4.69) is 0 Å². The van der Waals surface area contributed by atoms with Crippen LogP contribution in [0.3, 0.4) is 0 Å². The monoisotopic (exact) mass is 258 g/mol. The minimum atomic E-state index is -1.05. The summed E-state index contributed by atoms with van der Waals surface area (Å²) in [6.45, 7) is 9.60. The van der Waals surface area contributed by atoms with Crippen LogP contribution in [0.15, 0.2) is 0 Å². The van der Waals surface area contributed by atoms with Crippen LogP contribution in [0.2, 0.25) is 0 Å². The van der Waals surface area contributed by atoms with Gasteiger partial charge in [-0.25, -0.2) is 0 Å². The molecule has 0 aliphatic carbocycles. The number of ketones is 1. The molecule has 0 bridgehead atoms. The number of rotatable bonds is 8. The van der Waals surface area contributed by atoms with Gasteiger partial charge in [-0.15, -0.1) is 0 Å². The molecule has 0 N–H and O–H groups in total. The highest BCUT2D eigenvalue weighted by atomic mass is 16.5. The highest BCUT2D eigenvalue weighted by molar-refractivity contribution is 6.04. The zero-order valence-corrected chi connectivity index (χ0v) is 12.4. The van der Waals surface area contributed by atoms with E-state index in [4.69, 9.17) is 9.47 Å². The molecule has 0 aliphatic rings. The van der Waals surface area contributed by atoms with Crippen LogP contribution in [0.4, 0.5) is 0 Å². The molecule has 0 heterocycles. The van der Waals surface area contributed by atoms with Gasteiger partial charge in [0.1, 0.15) is 12.0 Å². The van der Waals surface area contributed by atoms with Crippen LogP contribution in [0, 0.1) is 11.3 Å². The highest BCUT2D eigenvalue weighted by Crippen LogP contribution is 2.29. The van der Waals surface area contributed by atoms with Gasteiger partial charge in [-0.3, -0.25) is 9.59 Å². The lowest BCUT2D eigenvalue weighted by Gasteiger charge is -2.27. The fraction of sp³-hybridized carbons (Fsp3) is 0.857. The molecule has 0 aliphatic heterocycles. The van der Waals surface area contributed by atoms with Gasteiger partial charge in [0.15, 0.2) is 5.78 Å². The van der Waals surface area contributed by atoms with E-state index in [1.807, 2.05) is 34.6 Å². The maximum atomic E-state index is 12.2. The van der Waals surface area contributed by atoms with Crippen LogP contribution in [-0.4, -0.2) is 31.6 Å². The Balaban J connectivity index is 4.74. The first kappa shape index (κ1) is 17.1. The van der Waals surface area contributed by atoms with Gasteiger partial charge in [-0.1, -0.05) is 27.7 Å². The van der Waals surface area contributed by atoms with Crippen molar-refractivity contribution in [3.63, 3.8) is 0 Å². The maximum absolute atomic E-state index is 12.2. The summed E-state index contributed by atoms with van der Waals surface area (Å²) in [5.74, 6) is -0.307. The normalized spacial score (nSPS) is 13.5. The predicted molar refractivity (Wildman–Crippen MR) is 70.3 cm³/mol. The van der Waals surface area contributed by atoms with E-state index in [1.54, 1.807) is 0 Å². The highest BCUT2D eigenvalue weighted by Gasteiger charge is 2.43. The summed E-state index contributed by atoms with van der Waals surface area (Å²) >= 11 is 0. The lowest BCUT2D eigenvalue weighted by atomic mass is 9.78. The minimum Gasteiger partial charge on any atom is -0.468 e. The number of esters is 1. The average Bonchev–Trinajstić information content (AvgIpc) is 2.37. The van der Waals surface area contributed by atoms with Crippen LogP contribution in [0.5, 0.6) is 0 Å². The van der Waals surface area contributed by atoms with Crippen LogP contribution < -0.4 is 0 Å². The van der Waals surface area contributed by atoms with E-state index < -0.39 is 11.4 Å². The third-order valence-corrected chi connectivity index (χ3v) is 3.73. The van der Waals surface area contributed by atoms with Crippen LogP contribution in [0.25, 0.3) is 0 Å². The van der Waals surface area contributed by atoms with Gasteiger partial charge in [0.25, 0.3) is 0 Å². The number of hydrogen-bond acceptors (Lipinski definition) is 4. The summed E-state index contributed by atoms with van der Waals surface area (Å²) in [5.41, 5.74) is -1.05. The van der Waals surface area contributed by atoms with E-state index in [0.717, 1.165) is 0 Å². The second kappa shape index (κ2) is 7.52. The first-order chi connectivity index (χ1) is 8.35. The minimum absolute atomic E-state index is 0.00184. The van der Waals surface area contributed by atoms with E-state index in [0.29, 0.717) is 18.8 Å². The van der Waals surface area contributed by atoms with Crippen molar-refractivity contribution in [1.82, 2.24) is 0 Å². The Morgan fingerprint density at radius 1 is 1.11 bits per heavy atom. The number of ether oxygens (including phenoxy) is 2. The van der Waals surface area contributed by atoms with Gasteiger partial charge in [-0.05, 0) is 25.7 Å². The van der Waals surface area contributed by atoms with E-state index in [-0.39, 0.29) is 18.5 Å².